The van der Waals surface area contributed by atoms with Crippen molar-refractivity contribution in [1.29, 1.82) is 0 Å². The maximum absolute atomic E-state index is 11.2. The predicted octanol–water partition coefficient (Wildman–Crippen LogP) is 0.620. The zero-order valence-corrected chi connectivity index (χ0v) is 8.94. The van der Waals surface area contributed by atoms with Crippen molar-refractivity contribution in [2.45, 2.75) is 19.4 Å². The number of rotatable bonds is 2. The molecule has 1 heterocycles. The highest BCUT2D eigenvalue weighted by Gasteiger charge is 2.24. The van der Waals surface area contributed by atoms with Crippen molar-refractivity contribution in [3.05, 3.63) is 12.0 Å². The summed E-state index contributed by atoms with van der Waals surface area (Å²) in [5, 5.41) is 0. The monoisotopic (exact) mass is 207 g/mol. The standard InChI is InChI=1S/C10H13N3O2/c1-5-10(2,3)13-6-12-7(8(13)11)9(14)15-4/h1,6H,11H2,2-4H3. The summed E-state index contributed by atoms with van der Waals surface area (Å²) in [6.07, 6.45) is 6.79. The number of nitrogen functional groups attached to an aromatic ring is 1. The van der Waals surface area contributed by atoms with Crippen LogP contribution in [0.5, 0.6) is 0 Å². The Hall–Kier alpha value is -1.96. The van der Waals surface area contributed by atoms with Crippen molar-refractivity contribution in [2.75, 3.05) is 12.8 Å². The van der Waals surface area contributed by atoms with Crippen LogP contribution in [0.1, 0.15) is 24.3 Å². The maximum atomic E-state index is 11.2. The number of esters is 1. The van der Waals surface area contributed by atoms with Crippen LogP contribution in [-0.4, -0.2) is 22.6 Å². The lowest BCUT2D eigenvalue weighted by Crippen LogP contribution is -2.25. The third-order valence-electron chi connectivity index (χ3n) is 2.14. The first-order chi connectivity index (χ1) is 6.94. The third kappa shape index (κ3) is 1.79. The molecule has 0 atom stereocenters. The Bertz CT molecular complexity index is 426. The first kappa shape index (κ1) is 11.1. The minimum Gasteiger partial charge on any atom is -0.464 e. The van der Waals surface area contributed by atoms with E-state index in [-0.39, 0.29) is 11.5 Å². The fraction of sp³-hybridized carbons (Fsp3) is 0.400. The molecule has 2 N–H and O–H groups in total. The Labute approximate surface area is 88.2 Å². The van der Waals surface area contributed by atoms with Crippen molar-refractivity contribution in [3.8, 4) is 12.3 Å². The van der Waals surface area contributed by atoms with Crippen LogP contribution in [0.2, 0.25) is 0 Å². The van der Waals surface area contributed by atoms with Gasteiger partial charge in [0.2, 0.25) is 0 Å². The van der Waals surface area contributed by atoms with Crippen LogP contribution in [0.4, 0.5) is 5.82 Å². The summed E-state index contributed by atoms with van der Waals surface area (Å²) in [4.78, 5) is 15.1. The number of anilines is 1. The second kappa shape index (κ2) is 3.65. The number of carbonyl (C=O) groups is 1. The summed E-state index contributed by atoms with van der Waals surface area (Å²) < 4.78 is 6.09. The van der Waals surface area contributed by atoms with Gasteiger partial charge in [-0.1, -0.05) is 5.92 Å². The molecule has 0 fully saturated rings. The van der Waals surface area contributed by atoms with E-state index in [0.29, 0.717) is 0 Å². The summed E-state index contributed by atoms with van der Waals surface area (Å²) in [6, 6.07) is 0. The fourth-order valence-electron chi connectivity index (χ4n) is 1.13. The van der Waals surface area contributed by atoms with Gasteiger partial charge in [0, 0.05) is 0 Å². The Kier molecular flexibility index (Phi) is 2.71. The molecule has 0 radical (unpaired) electrons. The molecule has 1 aromatic heterocycles. The third-order valence-corrected chi connectivity index (χ3v) is 2.14. The van der Waals surface area contributed by atoms with Crippen molar-refractivity contribution >= 4 is 11.8 Å². The Morgan fingerprint density at radius 1 is 1.73 bits per heavy atom. The minimum atomic E-state index is -0.622. The van der Waals surface area contributed by atoms with E-state index in [1.807, 2.05) is 0 Å². The fourth-order valence-corrected chi connectivity index (χ4v) is 1.13. The maximum Gasteiger partial charge on any atom is 0.360 e. The van der Waals surface area contributed by atoms with E-state index in [4.69, 9.17) is 12.2 Å². The highest BCUT2D eigenvalue weighted by atomic mass is 16.5. The summed E-state index contributed by atoms with van der Waals surface area (Å²) in [6.45, 7) is 3.60. The predicted molar refractivity (Wildman–Crippen MR) is 56.1 cm³/mol. The lowest BCUT2D eigenvalue weighted by atomic mass is 10.1. The molecule has 15 heavy (non-hydrogen) atoms. The van der Waals surface area contributed by atoms with Gasteiger partial charge in [0.05, 0.1) is 13.4 Å². The minimum absolute atomic E-state index is 0.0841. The van der Waals surface area contributed by atoms with Gasteiger partial charge in [0.25, 0.3) is 0 Å². The van der Waals surface area contributed by atoms with Gasteiger partial charge >= 0.3 is 5.97 Å². The van der Waals surface area contributed by atoms with Gasteiger partial charge in [-0.25, -0.2) is 9.78 Å². The Morgan fingerprint density at radius 3 is 2.80 bits per heavy atom. The number of imidazole rings is 1. The van der Waals surface area contributed by atoms with Crippen molar-refractivity contribution in [1.82, 2.24) is 9.55 Å². The molecule has 1 rings (SSSR count). The number of carbonyl (C=O) groups excluding carboxylic acids is 1. The van der Waals surface area contributed by atoms with Crippen LogP contribution in [-0.2, 0) is 10.3 Å². The number of methoxy groups -OCH3 is 1. The van der Waals surface area contributed by atoms with Gasteiger partial charge in [-0.3, -0.25) is 0 Å². The molecule has 0 aliphatic rings. The molecule has 80 valence electrons. The summed E-state index contributed by atoms with van der Waals surface area (Å²) in [5.74, 6) is 2.20. The average Bonchev–Trinajstić information content (AvgIpc) is 2.59. The SMILES string of the molecule is C#CC(C)(C)n1cnc(C(=O)OC)c1N. The average molecular weight is 207 g/mol. The number of nitrogens with two attached hydrogens (primary N) is 1. The van der Waals surface area contributed by atoms with Gasteiger partial charge < -0.3 is 15.0 Å². The van der Waals surface area contributed by atoms with Gasteiger partial charge in [-0.15, -0.1) is 6.42 Å². The molecule has 0 saturated heterocycles. The Morgan fingerprint density at radius 2 is 2.33 bits per heavy atom. The van der Waals surface area contributed by atoms with Gasteiger partial charge in [0.15, 0.2) is 5.69 Å². The number of terminal acetylenes is 1. The summed E-state index contributed by atoms with van der Waals surface area (Å²) >= 11 is 0. The van der Waals surface area contributed by atoms with Crippen LogP contribution >= 0.6 is 0 Å². The number of nitrogens with zero attached hydrogens (tertiary/aromatic N) is 2. The number of hydrogen-bond donors (Lipinski definition) is 1. The van der Waals surface area contributed by atoms with Crippen molar-refractivity contribution < 1.29 is 9.53 Å². The van der Waals surface area contributed by atoms with E-state index in [9.17, 15) is 4.79 Å². The largest absolute Gasteiger partial charge is 0.464 e. The van der Waals surface area contributed by atoms with Crippen molar-refractivity contribution in [3.63, 3.8) is 0 Å². The molecule has 5 heteroatoms. The zero-order valence-electron chi connectivity index (χ0n) is 8.94. The second-order valence-electron chi connectivity index (χ2n) is 3.54. The summed E-state index contributed by atoms with van der Waals surface area (Å²) in [7, 11) is 1.27. The van der Waals surface area contributed by atoms with Crippen LogP contribution in [0.3, 0.4) is 0 Å². The van der Waals surface area contributed by atoms with Gasteiger partial charge in [-0.2, -0.15) is 0 Å². The molecule has 0 aliphatic carbocycles. The number of aromatic nitrogens is 2. The molecule has 0 bridgehead atoms. The van der Waals surface area contributed by atoms with Gasteiger partial charge in [0.1, 0.15) is 11.4 Å². The Balaban J connectivity index is 3.22. The molecular weight excluding hydrogens is 194 g/mol. The molecule has 1 aromatic rings. The molecule has 0 unspecified atom stereocenters. The number of ether oxygens (including phenoxy) is 1. The first-order valence-corrected chi connectivity index (χ1v) is 4.33. The summed E-state index contributed by atoms with van der Waals surface area (Å²) in [5.41, 5.74) is 5.21. The van der Waals surface area contributed by atoms with E-state index in [1.54, 1.807) is 18.4 Å². The molecule has 5 nitrogen and oxygen atoms in total. The molecule has 0 aliphatic heterocycles. The lowest BCUT2D eigenvalue weighted by Gasteiger charge is -2.20. The van der Waals surface area contributed by atoms with E-state index in [0.717, 1.165) is 0 Å². The number of hydrogen-bond acceptors (Lipinski definition) is 4. The quantitative estimate of drug-likeness (QED) is 0.570. The molecule has 0 saturated carbocycles. The molecule has 0 aromatic carbocycles. The second-order valence-corrected chi connectivity index (χ2v) is 3.54. The van der Waals surface area contributed by atoms with Crippen LogP contribution < -0.4 is 5.73 Å². The van der Waals surface area contributed by atoms with Crippen molar-refractivity contribution in [2.24, 2.45) is 0 Å². The van der Waals surface area contributed by atoms with E-state index < -0.39 is 11.5 Å². The molecule has 0 amide bonds. The van der Waals surface area contributed by atoms with Crippen LogP contribution in [0.25, 0.3) is 0 Å². The highest BCUT2D eigenvalue weighted by molar-refractivity contribution is 5.92. The highest BCUT2D eigenvalue weighted by Crippen LogP contribution is 2.21. The van der Waals surface area contributed by atoms with E-state index in [1.165, 1.54) is 13.4 Å². The molecular formula is C10H13N3O2. The van der Waals surface area contributed by atoms with Crippen LogP contribution in [0, 0.1) is 12.3 Å². The smallest absolute Gasteiger partial charge is 0.360 e. The van der Waals surface area contributed by atoms with Gasteiger partial charge in [-0.05, 0) is 13.8 Å². The normalized spacial score (nSPS) is 10.8. The first-order valence-electron chi connectivity index (χ1n) is 4.33. The van der Waals surface area contributed by atoms with E-state index in [2.05, 4.69) is 15.6 Å². The zero-order chi connectivity index (χ0) is 11.6. The molecule has 0 spiro atoms. The van der Waals surface area contributed by atoms with E-state index >= 15 is 0 Å². The lowest BCUT2D eigenvalue weighted by molar-refractivity contribution is 0.0596. The van der Waals surface area contributed by atoms with Crippen LogP contribution in [0.15, 0.2) is 6.33 Å². The topological polar surface area (TPSA) is 70.1 Å².